The van der Waals surface area contributed by atoms with Crippen molar-refractivity contribution in [2.75, 3.05) is 11.4 Å². The topological polar surface area (TPSA) is 66.3 Å². The van der Waals surface area contributed by atoms with Gasteiger partial charge in [-0.3, -0.25) is 4.79 Å². The molecular formula is C23H24F3N3O2S2. The first kappa shape index (κ1) is 25.0. The number of thioether (sulfide) groups is 1. The summed E-state index contributed by atoms with van der Waals surface area (Å²) in [5.41, 5.74) is 1.90. The number of hydrogen-bond donors (Lipinski definition) is 1. The molecule has 2 heterocycles. The maximum atomic E-state index is 12.9. The molecule has 0 bridgehead atoms. The lowest BCUT2D eigenvalue weighted by atomic mass is 10.1. The second-order valence-electron chi connectivity index (χ2n) is 8.08. The molecule has 0 spiro atoms. The number of carbonyl (C=O) groups is 1. The molecule has 1 aromatic carbocycles. The van der Waals surface area contributed by atoms with Gasteiger partial charge >= 0.3 is 12.1 Å². The summed E-state index contributed by atoms with van der Waals surface area (Å²) in [6.07, 6.45) is -2.03. The average molecular weight is 496 g/mol. The summed E-state index contributed by atoms with van der Waals surface area (Å²) in [5.74, 6) is -0.185. The van der Waals surface area contributed by atoms with E-state index in [9.17, 15) is 23.1 Å². The molecule has 3 rings (SSSR count). The number of aliphatic carboxylic acids is 1. The van der Waals surface area contributed by atoms with Gasteiger partial charge in [0, 0.05) is 31.1 Å². The van der Waals surface area contributed by atoms with Crippen molar-refractivity contribution in [3.63, 3.8) is 0 Å². The molecule has 0 atom stereocenters. The Morgan fingerprint density at radius 3 is 2.42 bits per heavy atom. The van der Waals surface area contributed by atoms with Crippen LogP contribution in [-0.4, -0.2) is 32.3 Å². The number of carboxylic acid groups (broad SMARTS) is 1. The van der Waals surface area contributed by atoms with Crippen LogP contribution in [0.5, 0.6) is 0 Å². The van der Waals surface area contributed by atoms with E-state index in [0.717, 1.165) is 34.8 Å². The van der Waals surface area contributed by atoms with E-state index in [2.05, 4.69) is 9.97 Å². The lowest BCUT2D eigenvalue weighted by Gasteiger charge is -2.24. The number of aromatic nitrogens is 2. The van der Waals surface area contributed by atoms with Crippen molar-refractivity contribution >= 4 is 34.9 Å². The highest BCUT2D eigenvalue weighted by Gasteiger charge is 2.30. The highest BCUT2D eigenvalue weighted by atomic mass is 32.2. The van der Waals surface area contributed by atoms with Gasteiger partial charge in [-0.15, -0.1) is 11.3 Å². The van der Waals surface area contributed by atoms with Gasteiger partial charge in [-0.2, -0.15) is 13.2 Å². The number of thiazole rings is 1. The standard InChI is InChI=1S/C23H24F3N3O2S2/c1-15-4-9-19(27-12-15)29(13-16-5-7-17(8-6-16)23(24,25)26)11-10-18-14-32-21(28-18)33-22(2,3)20(30)31/h4-9,12,14H,10-11,13H2,1-3H3,(H,30,31). The lowest BCUT2D eigenvalue weighted by molar-refractivity contribution is -0.139. The fourth-order valence-electron chi connectivity index (χ4n) is 2.90. The minimum atomic E-state index is -4.37. The third-order valence-corrected chi connectivity index (χ3v) is 7.07. The van der Waals surface area contributed by atoms with E-state index in [4.69, 9.17) is 0 Å². The molecule has 0 saturated heterocycles. The van der Waals surface area contributed by atoms with Crippen molar-refractivity contribution in [2.24, 2.45) is 0 Å². The zero-order chi connectivity index (χ0) is 24.2. The molecule has 0 unspecified atom stereocenters. The van der Waals surface area contributed by atoms with E-state index in [1.807, 2.05) is 29.3 Å². The van der Waals surface area contributed by atoms with Crippen LogP contribution in [0.1, 0.15) is 36.2 Å². The number of alkyl halides is 3. The highest BCUT2D eigenvalue weighted by molar-refractivity contribution is 8.02. The molecule has 0 saturated carbocycles. The Kier molecular flexibility index (Phi) is 7.69. The summed E-state index contributed by atoms with van der Waals surface area (Å²) in [4.78, 5) is 22.4. The van der Waals surface area contributed by atoms with Crippen LogP contribution in [0, 0.1) is 6.92 Å². The van der Waals surface area contributed by atoms with Gasteiger partial charge in [0.25, 0.3) is 0 Å². The molecule has 5 nitrogen and oxygen atoms in total. The van der Waals surface area contributed by atoms with Crippen LogP contribution in [-0.2, 0) is 23.9 Å². The van der Waals surface area contributed by atoms with Crippen LogP contribution in [0.4, 0.5) is 19.0 Å². The predicted molar refractivity (Wildman–Crippen MR) is 125 cm³/mol. The molecule has 0 aliphatic carbocycles. The zero-order valence-corrected chi connectivity index (χ0v) is 20.0. The number of hydrogen-bond acceptors (Lipinski definition) is 6. The number of anilines is 1. The Balaban J connectivity index is 1.73. The predicted octanol–water partition coefficient (Wildman–Crippen LogP) is 6.07. The summed E-state index contributed by atoms with van der Waals surface area (Å²) >= 11 is 2.60. The Bertz CT molecular complexity index is 1080. The quantitative estimate of drug-likeness (QED) is 0.364. The van der Waals surface area contributed by atoms with Gasteiger partial charge in [-0.1, -0.05) is 30.0 Å². The smallest absolute Gasteiger partial charge is 0.416 e. The van der Waals surface area contributed by atoms with Gasteiger partial charge < -0.3 is 10.0 Å². The van der Waals surface area contributed by atoms with Crippen LogP contribution >= 0.6 is 23.1 Å². The summed E-state index contributed by atoms with van der Waals surface area (Å²) in [6.45, 7) is 6.15. The van der Waals surface area contributed by atoms with Crippen LogP contribution in [0.3, 0.4) is 0 Å². The number of carboxylic acids is 1. The molecule has 33 heavy (non-hydrogen) atoms. The van der Waals surface area contributed by atoms with Crippen molar-refractivity contribution in [1.29, 1.82) is 0 Å². The highest BCUT2D eigenvalue weighted by Crippen LogP contribution is 2.35. The molecule has 0 aliphatic heterocycles. The molecule has 0 radical (unpaired) electrons. The van der Waals surface area contributed by atoms with E-state index in [1.54, 1.807) is 20.0 Å². The molecule has 0 fully saturated rings. The largest absolute Gasteiger partial charge is 0.480 e. The second kappa shape index (κ2) is 10.1. The van der Waals surface area contributed by atoms with E-state index >= 15 is 0 Å². The lowest BCUT2D eigenvalue weighted by Crippen LogP contribution is -2.27. The fraction of sp³-hybridized carbons (Fsp3) is 0.348. The van der Waals surface area contributed by atoms with Crippen molar-refractivity contribution in [3.8, 4) is 0 Å². The summed E-state index contributed by atoms with van der Waals surface area (Å²) < 4.78 is 38.3. The summed E-state index contributed by atoms with van der Waals surface area (Å²) in [7, 11) is 0. The number of pyridine rings is 1. The molecule has 0 amide bonds. The molecule has 10 heteroatoms. The molecule has 0 aliphatic rings. The Hall–Kier alpha value is -2.59. The zero-order valence-electron chi connectivity index (χ0n) is 18.4. The van der Waals surface area contributed by atoms with Crippen molar-refractivity contribution in [3.05, 3.63) is 70.4 Å². The van der Waals surface area contributed by atoms with Crippen LogP contribution in [0.2, 0.25) is 0 Å². The van der Waals surface area contributed by atoms with Crippen LogP contribution in [0.15, 0.2) is 52.3 Å². The molecule has 176 valence electrons. The third-order valence-electron chi connectivity index (χ3n) is 4.90. The van der Waals surface area contributed by atoms with E-state index in [-0.39, 0.29) is 0 Å². The molecule has 3 aromatic rings. The van der Waals surface area contributed by atoms with Gasteiger partial charge in [-0.25, -0.2) is 9.97 Å². The first-order valence-corrected chi connectivity index (χ1v) is 11.8. The van der Waals surface area contributed by atoms with Gasteiger partial charge in [0.2, 0.25) is 0 Å². The van der Waals surface area contributed by atoms with Crippen LogP contribution < -0.4 is 4.90 Å². The Morgan fingerprint density at radius 1 is 1.15 bits per heavy atom. The van der Waals surface area contributed by atoms with Crippen LogP contribution in [0.25, 0.3) is 0 Å². The normalized spacial score (nSPS) is 12.1. The van der Waals surface area contributed by atoms with Gasteiger partial charge in [-0.05, 0) is 50.1 Å². The number of benzene rings is 1. The minimum Gasteiger partial charge on any atom is -0.480 e. The molecular weight excluding hydrogens is 471 g/mol. The summed E-state index contributed by atoms with van der Waals surface area (Å²) in [6, 6.07) is 8.96. The molecule has 2 aromatic heterocycles. The van der Waals surface area contributed by atoms with Crippen molar-refractivity contribution < 1.29 is 23.1 Å². The van der Waals surface area contributed by atoms with E-state index in [0.29, 0.717) is 23.8 Å². The number of rotatable bonds is 9. The van der Waals surface area contributed by atoms with E-state index < -0.39 is 22.5 Å². The van der Waals surface area contributed by atoms with Crippen molar-refractivity contribution in [1.82, 2.24) is 9.97 Å². The minimum absolute atomic E-state index is 0.395. The first-order valence-electron chi connectivity index (χ1n) is 10.1. The number of aryl methyl sites for hydroxylation is 1. The Morgan fingerprint density at radius 2 is 1.85 bits per heavy atom. The van der Waals surface area contributed by atoms with E-state index in [1.165, 1.54) is 35.2 Å². The number of nitrogens with zero attached hydrogens (tertiary/aromatic N) is 3. The maximum absolute atomic E-state index is 12.9. The van der Waals surface area contributed by atoms with Gasteiger partial charge in [0.1, 0.15) is 10.6 Å². The number of halogens is 3. The maximum Gasteiger partial charge on any atom is 0.416 e. The van der Waals surface area contributed by atoms with Gasteiger partial charge in [0.15, 0.2) is 4.34 Å². The third kappa shape index (κ3) is 6.94. The average Bonchev–Trinajstić information content (AvgIpc) is 3.18. The first-order chi connectivity index (χ1) is 15.4. The Labute approximate surface area is 198 Å². The summed E-state index contributed by atoms with van der Waals surface area (Å²) in [5, 5.41) is 11.2. The fourth-order valence-corrected chi connectivity index (χ4v) is 5.13. The van der Waals surface area contributed by atoms with Crippen molar-refractivity contribution in [2.45, 2.75) is 49.0 Å². The molecule has 1 N–H and O–H groups in total. The van der Waals surface area contributed by atoms with Gasteiger partial charge in [0.05, 0.1) is 11.3 Å². The monoisotopic (exact) mass is 495 g/mol. The SMILES string of the molecule is Cc1ccc(N(CCc2csc(SC(C)(C)C(=O)O)n2)Cc2ccc(C(F)(F)F)cc2)nc1. The second-order valence-corrected chi connectivity index (χ2v) is 10.8.